The minimum absolute atomic E-state index is 0.249. The lowest BCUT2D eigenvalue weighted by molar-refractivity contribution is -0.379. The summed E-state index contributed by atoms with van der Waals surface area (Å²) in [6.45, 7) is 1.78. The molecule has 0 bridgehead atoms. The van der Waals surface area contributed by atoms with Crippen molar-refractivity contribution in [1.82, 2.24) is 5.32 Å². The summed E-state index contributed by atoms with van der Waals surface area (Å²) in [6.07, 6.45) is 57.4. The molecule has 618 valence electrons. The Morgan fingerprint density at radius 2 is 0.629 bits per heavy atom. The van der Waals surface area contributed by atoms with Gasteiger partial charge in [0.1, 0.15) is 73.2 Å². The highest BCUT2D eigenvalue weighted by atomic mass is 16.8. The van der Waals surface area contributed by atoms with Crippen LogP contribution in [0.4, 0.5) is 0 Å². The van der Waals surface area contributed by atoms with Crippen LogP contribution >= 0.6 is 0 Å². The van der Waals surface area contributed by atoms with Gasteiger partial charge in [-0.15, -0.1) is 0 Å². The molecular weight excluding hydrogens is 1330 g/mol. The molecule has 3 saturated heterocycles. The number of unbranched alkanes of at least 4 members (excludes halogenated alkanes) is 51. The first-order valence-corrected chi connectivity index (χ1v) is 43.7. The molecule has 17 atom stereocenters. The largest absolute Gasteiger partial charge is 0.394 e. The van der Waals surface area contributed by atoms with Gasteiger partial charge in [0, 0.05) is 6.42 Å². The smallest absolute Gasteiger partial charge is 0.220 e. The summed E-state index contributed by atoms with van der Waals surface area (Å²) in [5, 5.41) is 121. The van der Waals surface area contributed by atoms with Crippen molar-refractivity contribution in [1.29, 1.82) is 0 Å². The first-order chi connectivity index (χ1) is 51.3. The van der Waals surface area contributed by atoms with Crippen LogP contribution < -0.4 is 5.32 Å². The van der Waals surface area contributed by atoms with Gasteiger partial charge in [0.05, 0.1) is 38.6 Å². The first kappa shape index (κ1) is 97.2. The Kier molecular flexibility index (Phi) is 61.7. The standard InChI is InChI=1S/C86H161NO18/c1-3-5-7-9-11-13-15-17-19-21-23-24-25-26-27-28-29-30-31-32-33-34-35-36-37-38-39-40-41-42-43-44-46-48-50-52-54-56-58-60-62-64-74(92)87-69(70(91)63-61-59-57-55-53-51-49-47-45-22-20-18-16-14-12-10-8-6-4-2)68-100-84-80(98)77(95)82(72(66-89)102-84)105-86-81(99)78(96)83(73(67-90)103-86)104-85-79(97)76(94)75(93)71(65-88)101-85/h15,17,21,23,61,63,69-73,75-86,88-91,93-99H,3-14,16,18-20,22,24-60,62,64-68H2,1-2H3,(H,87,92)/b17-15-,23-21-,63-61+. The van der Waals surface area contributed by atoms with Crippen LogP contribution in [-0.4, -0.2) is 193 Å². The highest BCUT2D eigenvalue weighted by Crippen LogP contribution is 2.33. The second-order valence-electron chi connectivity index (χ2n) is 31.4. The summed E-state index contributed by atoms with van der Waals surface area (Å²) in [7, 11) is 0. The fourth-order valence-electron chi connectivity index (χ4n) is 14.9. The molecule has 0 aromatic carbocycles. The molecule has 0 aliphatic carbocycles. The van der Waals surface area contributed by atoms with Gasteiger partial charge in [0.15, 0.2) is 18.9 Å². The number of nitrogens with one attached hydrogen (secondary N) is 1. The molecule has 105 heavy (non-hydrogen) atoms. The first-order valence-electron chi connectivity index (χ1n) is 43.7. The molecule has 0 aromatic rings. The molecule has 3 rings (SSSR count). The Morgan fingerprint density at radius 3 is 0.971 bits per heavy atom. The average molecular weight is 1500 g/mol. The van der Waals surface area contributed by atoms with E-state index in [0.717, 1.165) is 51.4 Å². The van der Waals surface area contributed by atoms with Crippen molar-refractivity contribution in [3.8, 4) is 0 Å². The number of hydrogen-bond acceptors (Lipinski definition) is 18. The van der Waals surface area contributed by atoms with Crippen LogP contribution in [0.1, 0.15) is 373 Å². The number of carbonyl (C=O) groups is 1. The van der Waals surface area contributed by atoms with Gasteiger partial charge in [-0.05, 0) is 51.4 Å². The lowest BCUT2D eigenvalue weighted by Gasteiger charge is -2.48. The fraction of sp³-hybridized carbons (Fsp3) is 0.919. The number of carbonyl (C=O) groups excluding carboxylic acids is 1. The lowest BCUT2D eigenvalue weighted by Crippen LogP contribution is -2.66. The maximum absolute atomic E-state index is 13.5. The Balaban J connectivity index is 1.28. The minimum Gasteiger partial charge on any atom is -0.394 e. The van der Waals surface area contributed by atoms with E-state index < -0.39 is 124 Å². The molecule has 19 nitrogen and oxygen atoms in total. The average Bonchev–Trinajstić information content (AvgIpc) is 0.781. The summed E-state index contributed by atoms with van der Waals surface area (Å²) in [5.41, 5.74) is 0. The van der Waals surface area contributed by atoms with Gasteiger partial charge >= 0.3 is 0 Å². The normalized spacial score (nSPS) is 25.9. The fourth-order valence-corrected chi connectivity index (χ4v) is 14.9. The maximum Gasteiger partial charge on any atom is 0.220 e. The summed E-state index contributed by atoms with van der Waals surface area (Å²) in [4.78, 5) is 13.5. The van der Waals surface area contributed by atoms with Gasteiger partial charge in [-0.2, -0.15) is 0 Å². The van der Waals surface area contributed by atoms with Crippen molar-refractivity contribution in [3.63, 3.8) is 0 Å². The molecule has 0 aromatic heterocycles. The number of ether oxygens (including phenoxy) is 6. The summed E-state index contributed by atoms with van der Waals surface area (Å²) < 4.78 is 34.5. The zero-order valence-electron chi connectivity index (χ0n) is 66.5. The Morgan fingerprint density at radius 1 is 0.343 bits per heavy atom. The molecule has 0 radical (unpaired) electrons. The quantitative estimate of drug-likeness (QED) is 0.0199. The van der Waals surface area contributed by atoms with Crippen LogP contribution in [0.15, 0.2) is 36.5 Å². The monoisotopic (exact) mass is 1500 g/mol. The van der Waals surface area contributed by atoms with Crippen LogP contribution in [-0.2, 0) is 33.2 Å². The summed E-state index contributed by atoms with van der Waals surface area (Å²) >= 11 is 0. The predicted molar refractivity (Wildman–Crippen MR) is 420 cm³/mol. The third kappa shape index (κ3) is 46.0. The summed E-state index contributed by atoms with van der Waals surface area (Å²) in [6, 6.07) is -0.972. The van der Waals surface area contributed by atoms with E-state index >= 15 is 0 Å². The topological polar surface area (TPSA) is 307 Å². The number of amides is 1. The number of rotatable bonds is 71. The second kappa shape index (κ2) is 66.6. The minimum atomic E-state index is -1.98. The molecule has 17 unspecified atom stereocenters. The zero-order chi connectivity index (χ0) is 76.0. The van der Waals surface area contributed by atoms with E-state index in [1.165, 1.54) is 295 Å². The number of allylic oxidation sites excluding steroid dienone is 5. The molecule has 19 heteroatoms. The van der Waals surface area contributed by atoms with Crippen molar-refractivity contribution >= 4 is 5.91 Å². The van der Waals surface area contributed by atoms with E-state index in [9.17, 15) is 61.0 Å². The van der Waals surface area contributed by atoms with Gasteiger partial charge in [-0.1, -0.05) is 352 Å². The maximum atomic E-state index is 13.5. The van der Waals surface area contributed by atoms with Gasteiger partial charge in [-0.25, -0.2) is 0 Å². The number of aliphatic hydroxyl groups excluding tert-OH is 11. The summed E-state index contributed by atoms with van der Waals surface area (Å²) in [5.74, 6) is -0.267. The van der Waals surface area contributed by atoms with Gasteiger partial charge < -0.3 is 89.9 Å². The van der Waals surface area contributed by atoms with Crippen molar-refractivity contribution < 1.29 is 89.4 Å². The molecule has 1 amide bonds. The van der Waals surface area contributed by atoms with Gasteiger partial charge in [0.2, 0.25) is 5.91 Å². The van der Waals surface area contributed by atoms with Crippen molar-refractivity contribution in [3.05, 3.63) is 36.5 Å². The Hall–Kier alpha value is -1.99. The molecule has 3 aliphatic heterocycles. The van der Waals surface area contributed by atoms with Crippen LogP contribution in [0.3, 0.4) is 0 Å². The molecule has 12 N–H and O–H groups in total. The second-order valence-corrected chi connectivity index (χ2v) is 31.4. The highest BCUT2D eigenvalue weighted by molar-refractivity contribution is 5.76. The molecular formula is C86H161NO18. The molecule has 3 heterocycles. The van der Waals surface area contributed by atoms with E-state index in [-0.39, 0.29) is 18.9 Å². The van der Waals surface area contributed by atoms with E-state index in [1.807, 2.05) is 6.08 Å². The Bertz CT molecular complexity index is 2030. The van der Waals surface area contributed by atoms with Crippen molar-refractivity contribution in [2.75, 3.05) is 26.4 Å². The Labute approximate surface area is 638 Å². The van der Waals surface area contributed by atoms with Crippen LogP contribution in [0.2, 0.25) is 0 Å². The van der Waals surface area contributed by atoms with Crippen molar-refractivity contribution in [2.45, 2.75) is 478 Å². The molecule has 3 aliphatic rings. The van der Waals surface area contributed by atoms with E-state index in [2.05, 4.69) is 43.5 Å². The van der Waals surface area contributed by atoms with Crippen LogP contribution in [0.5, 0.6) is 0 Å². The molecule has 3 fully saturated rings. The van der Waals surface area contributed by atoms with E-state index in [0.29, 0.717) is 6.42 Å². The lowest BCUT2D eigenvalue weighted by atomic mass is 9.96. The predicted octanol–water partition coefficient (Wildman–Crippen LogP) is 15.9. The number of hydrogen-bond donors (Lipinski definition) is 12. The number of aliphatic hydroxyl groups is 11. The third-order valence-electron chi connectivity index (χ3n) is 21.9. The molecule has 0 saturated carbocycles. The van der Waals surface area contributed by atoms with Gasteiger partial charge in [0.25, 0.3) is 0 Å². The van der Waals surface area contributed by atoms with Crippen molar-refractivity contribution in [2.24, 2.45) is 0 Å². The SMILES string of the molecule is CCCCCCC/C=C\C/C=C\CCCCCCCCCCCCCCCCCCCCCCCCCCCCCCCC(=O)NC(COC1OC(CO)C(OC2OC(CO)C(OC3OC(CO)C(O)C(O)C3O)C(O)C2O)C(O)C1O)C(O)/C=C/CCCCCCCCCCCCCCCCCCC. The highest BCUT2D eigenvalue weighted by Gasteiger charge is 2.54. The van der Waals surface area contributed by atoms with Crippen LogP contribution in [0.25, 0.3) is 0 Å². The third-order valence-corrected chi connectivity index (χ3v) is 21.9. The van der Waals surface area contributed by atoms with Crippen LogP contribution in [0, 0.1) is 0 Å². The zero-order valence-corrected chi connectivity index (χ0v) is 66.5. The molecule has 0 spiro atoms. The van der Waals surface area contributed by atoms with Gasteiger partial charge in [-0.3, -0.25) is 4.79 Å². The van der Waals surface area contributed by atoms with E-state index in [4.69, 9.17) is 28.4 Å². The van der Waals surface area contributed by atoms with E-state index in [1.54, 1.807) is 6.08 Å².